The Morgan fingerprint density at radius 3 is 2.61 bits per heavy atom. The third-order valence-corrected chi connectivity index (χ3v) is 2.92. The van der Waals surface area contributed by atoms with Gasteiger partial charge in [-0.05, 0) is 30.7 Å². The molecule has 4 heteroatoms. The number of benzene rings is 2. The van der Waals surface area contributed by atoms with Gasteiger partial charge >= 0.3 is 0 Å². The number of nitrogens with one attached hydrogen (secondary N) is 1. The topological polar surface area (TPSA) is 28.7 Å². The van der Waals surface area contributed by atoms with E-state index >= 15 is 0 Å². The molecule has 0 unspecified atom stereocenters. The number of imidazole rings is 1. The molecule has 0 bridgehead atoms. The van der Waals surface area contributed by atoms with Crippen LogP contribution in [0.5, 0.6) is 0 Å². The van der Waals surface area contributed by atoms with Gasteiger partial charge in [0.15, 0.2) is 11.6 Å². The Morgan fingerprint density at radius 1 is 1.06 bits per heavy atom. The van der Waals surface area contributed by atoms with Crippen LogP contribution in [0.4, 0.5) is 8.78 Å². The molecule has 0 amide bonds. The van der Waals surface area contributed by atoms with Crippen molar-refractivity contribution >= 4 is 11.0 Å². The predicted molar refractivity (Wildman–Crippen MR) is 66.2 cm³/mol. The molecule has 3 aromatic rings. The van der Waals surface area contributed by atoms with E-state index in [1.54, 1.807) is 0 Å². The van der Waals surface area contributed by atoms with Crippen LogP contribution in [0.15, 0.2) is 36.4 Å². The summed E-state index contributed by atoms with van der Waals surface area (Å²) in [6.07, 6.45) is 0. The first kappa shape index (κ1) is 10.9. The monoisotopic (exact) mass is 244 g/mol. The number of para-hydroxylation sites is 1. The summed E-state index contributed by atoms with van der Waals surface area (Å²) >= 11 is 0. The number of hydrogen-bond acceptors (Lipinski definition) is 1. The first-order valence-electron chi connectivity index (χ1n) is 5.56. The van der Waals surface area contributed by atoms with Gasteiger partial charge in [-0.15, -0.1) is 0 Å². The average molecular weight is 244 g/mol. The van der Waals surface area contributed by atoms with Crippen LogP contribution in [0.2, 0.25) is 0 Å². The maximum Gasteiger partial charge on any atom is 0.169 e. The molecule has 2 nitrogen and oxygen atoms in total. The Balaban J connectivity index is 2.26. The molecule has 0 radical (unpaired) electrons. The van der Waals surface area contributed by atoms with Gasteiger partial charge in [-0.1, -0.05) is 18.2 Å². The first-order valence-corrected chi connectivity index (χ1v) is 5.56. The van der Waals surface area contributed by atoms with Crippen LogP contribution >= 0.6 is 0 Å². The van der Waals surface area contributed by atoms with Crippen LogP contribution < -0.4 is 0 Å². The molecule has 0 saturated carbocycles. The summed E-state index contributed by atoms with van der Waals surface area (Å²) in [6.45, 7) is 1.93. The van der Waals surface area contributed by atoms with Crippen LogP contribution in [0.25, 0.3) is 22.4 Å². The van der Waals surface area contributed by atoms with Crippen molar-refractivity contribution in [2.45, 2.75) is 6.92 Å². The Morgan fingerprint density at radius 2 is 1.83 bits per heavy atom. The third kappa shape index (κ3) is 1.57. The lowest BCUT2D eigenvalue weighted by molar-refractivity contribution is 0.510. The van der Waals surface area contributed by atoms with E-state index in [2.05, 4.69) is 9.97 Å². The van der Waals surface area contributed by atoms with Crippen LogP contribution in [0.3, 0.4) is 0 Å². The normalized spacial score (nSPS) is 11.1. The molecule has 18 heavy (non-hydrogen) atoms. The summed E-state index contributed by atoms with van der Waals surface area (Å²) in [5.41, 5.74) is 2.72. The number of hydrogen-bond donors (Lipinski definition) is 1. The fourth-order valence-corrected chi connectivity index (χ4v) is 1.99. The standard InChI is InChI=1S/C14H10F2N2/c1-8-4-2-7-11-13(8)18-14(17-11)9-5-3-6-10(15)12(9)16/h2-7H,1H3,(H,17,18). The molecule has 0 aliphatic rings. The number of rotatable bonds is 1. The molecule has 1 aromatic heterocycles. The zero-order valence-electron chi connectivity index (χ0n) is 9.67. The van der Waals surface area contributed by atoms with Crippen LogP contribution in [0, 0.1) is 18.6 Å². The van der Waals surface area contributed by atoms with Crippen molar-refractivity contribution in [1.29, 1.82) is 0 Å². The van der Waals surface area contributed by atoms with E-state index in [-0.39, 0.29) is 5.56 Å². The second-order valence-electron chi connectivity index (χ2n) is 4.16. The third-order valence-electron chi connectivity index (χ3n) is 2.92. The summed E-state index contributed by atoms with van der Waals surface area (Å²) in [6, 6.07) is 9.73. The Hall–Kier alpha value is -2.23. The minimum Gasteiger partial charge on any atom is -0.338 e. The minimum atomic E-state index is -0.880. The summed E-state index contributed by atoms with van der Waals surface area (Å²) < 4.78 is 26.9. The van der Waals surface area contributed by atoms with Gasteiger partial charge in [-0.2, -0.15) is 0 Å². The molecule has 0 aliphatic heterocycles. The largest absolute Gasteiger partial charge is 0.338 e. The van der Waals surface area contributed by atoms with Gasteiger partial charge < -0.3 is 4.98 Å². The molecule has 0 atom stereocenters. The number of aryl methyl sites for hydroxylation is 1. The molecule has 2 aromatic carbocycles. The lowest BCUT2D eigenvalue weighted by Gasteiger charge is -1.99. The van der Waals surface area contributed by atoms with E-state index in [9.17, 15) is 8.78 Å². The van der Waals surface area contributed by atoms with Crippen molar-refractivity contribution in [2.24, 2.45) is 0 Å². The van der Waals surface area contributed by atoms with Gasteiger partial charge in [0.2, 0.25) is 0 Å². The molecular weight excluding hydrogens is 234 g/mol. The van der Waals surface area contributed by atoms with E-state index in [0.717, 1.165) is 22.7 Å². The second-order valence-corrected chi connectivity index (χ2v) is 4.16. The molecule has 90 valence electrons. The predicted octanol–water partition coefficient (Wildman–Crippen LogP) is 3.82. The van der Waals surface area contributed by atoms with Gasteiger partial charge in [0.1, 0.15) is 5.82 Å². The molecule has 0 spiro atoms. The smallest absolute Gasteiger partial charge is 0.169 e. The van der Waals surface area contributed by atoms with Crippen molar-refractivity contribution in [1.82, 2.24) is 9.97 Å². The lowest BCUT2D eigenvalue weighted by Crippen LogP contribution is -1.90. The number of fused-ring (bicyclic) bond motifs is 1. The molecule has 0 saturated heterocycles. The van der Waals surface area contributed by atoms with Gasteiger partial charge in [0.25, 0.3) is 0 Å². The molecule has 1 N–H and O–H groups in total. The molecule has 1 heterocycles. The molecule has 0 aliphatic carbocycles. The van der Waals surface area contributed by atoms with Gasteiger partial charge in [0, 0.05) is 0 Å². The average Bonchev–Trinajstić information content (AvgIpc) is 2.78. The Labute approximate surface area is 102 Å². The first-order chi connectivity index (χ1) is 8.66. The summed E-state index contributed by atoms with van der Waals surface area (Å²) in [7, 11) is 0. The fourth-order valence-electron chi connectivity index (χ4n) is 1.99. The second kappa shape index (κ2) is 3.91. The number of aromatic amines is 1. The zero-order valence-corrected chi connectivity index (χ0v) is 9.67. The van der Waals surface area contributed by atoms with Crippen LogP contribution in [-0.4, -0.2) is 9.97 Å². The van der Waals surface area contributed by atoms with Crippen molar-refractivity contribution < 1.29 is 8.78 Å². The fraction of sp³-hybridized carbons (Fsp3) is 0.0714. The minimum absolute atomic E-state index is 0.144. The van der Waals surface area contributed by atoms with E-state index in [0.29, 0.717) is 5.82 Å². The van der Waals surface area contributed by atoms with E-state index in [1.165, 1.54) is 12.1 Å². The van der Waals surface area contributed by atoms with Crippen molar-refractivity contribution in [3.8, 4) is 11.4 Å². The number of halogens is 2. The Kier molecular flexibility index (Phi) is 2.37. The maximum absolute atomic E-state index is 13.7. The van der Waals surface area contributed by atoms with Crippen LogP contribution in [-0.2, 0) is 0 Å². The van der Waals surface area contributed by atoms with Crippen molar-refractivity contribution in [3.63, 3.8) is 0 Å². The summed E-state index contributed by atoms with van der Waals surface area (Å²) in [5, 5.41) is 0. The number of nitrogens with zero attached hydrogens (tertiary/aromatic N) is 1. The molecule has 0 fully saturated rings. The zero-order chi connectivity index (χ0) is 12.7. The van der Waals surface area contributed by atoms with E-state index < -0.39 is 11.6 Å². The highest BCUT2D eigenvalue weighted by atomic mass is 19.2. The van der Waals surface area contributed by atoms with Crippen molar-refractivity contribution in [2.75, 3.05) is 0 Å². The summed E-state index contributed by atoms with van der Waals surface area (Å²) in [4.78, 5) is 7.33. The van der Waals surface area contributed by atoms with Gasteiger partial charge in [0.05, 0.1) is 16.6 Å². The lowest BCUT2D eigenvalue weighted by atomic mass is 10.2. The number of H-pyrrole nitrogens is 1. The van der Waals surface area contributed by atoms with Crippen molar-refractivity contribution in [3.05, 3.63) is 53.6 Å². The van der Waals surface area contributed by atoms with Gasteiger partial charge in [-0.3, -0.25) is 0 Å². The van der Waals surface area contributed by atoms with Gasteiger partial charge in [-0.25, -0.2) is 13.8 Å². The number of aromatic nitrogens is 2. The SMILES string of the molecule is Cc1cccc2[nH]c(-c3cccc(F)c3F)nc12. The highest BCUT2D eigenvalue weighted by Crippen LogP contribution is 2.25. The summed E-state index contributed by atoms with van der Waals surface area (Å²) in [5.74, 6) is -1.41. The van der Waals surface area contributed by atoms with Crippen LogP contribution in [0.1, 0.15) is 5.56 Å². The maximum atomic E-state index is 13.7. The highest BCUT2D eigenvalue weighted by Gasteiger charge is 2.13. The van der Waals surface area contributed by atoms with E-state index in [4.69, 9.17) is 0 Å². The molecule has 3 rings (SSSR count). The highest BCUT2D eigenvalue weighted by molar-refractivity contribution is 5.82. The quantitative estimate of drug-likeness (QED) is 0.692. The van der Waals surface area contributed by atoms with E-state index in [1.807, 2.05) is 25.1 Å². The molecular formula is C14H10F2N2. The Bertz CT molecular complexity index is 732.